The van der Waals surface area contributed by atoms with Crippen molar-refractivity contribution in [3.8, 4) is 0 Å². The predicted octanol–water partition coefficient (Wildman–Crippen LogP) is 3.00. The van der Waals surface area contributed by atoms with Crippen molar-refractivity contribution in [1.82, 2.24) is 10.6 Å². The zero-order chi connectivity index (χ0) is 19.1. The van der Waals surface area contributed by atoms with Crippen molar-refractivity contribution in [3.63, 3.8) is 0 Å². The van der Waals surface area contributed by atoms with E-state index in [1.165, 1.54) is 5.57 Å². The summed E-state index contributed by atoms with van der Waals surface area (Å²) in [7, 11) is 1.80. The number of piperidine rings is 1. The number of aryl methyl sites for hydroxylation is 1. The summed E-state index contributed by atoms with van der Waals surface area (Å²) in [5.41, 5.74) is 3.24. The van der Waals surface area contributed by atoms with Crippen LogP contribution < -0.4 is 15.5 Å². The molecule has 0 aliphatic carbocycles. The van der Waals surface area contributed by atoms with Crippen LogP contribution in [0.15, 0.2) is 34.8 Å². The summed E-state index contributed by atoms with van der Waals surface area (Å²) in [6.07, 6.45) is 6.31. The van der Waals surface area contributed by atoms with Crippen LogP contribution in [0.2, 0.25) is 0 Å². The average molecular weight is 375 g/mol. The molecule has 2 aliphatic rings. The molecule has 0 aromatic heterocycles. The number of halogens is 1. The van der Waals surface area contributed by atoms with E-state index in [0.29, 0.717) is 5.69 Å². The van der Waals surface area contributed by atoms with E-state index in [9.17, 15) is 4.39 Å². The van der Waals surface area contributed by atoms with Crippen LogP contribution in [0.3, 0.4) is 0 Å². The predicted molar refractivity (Wildman–Crippen MR) is 109 cm³/mol. The Balaban J connectivity index is 1.51. The molecule has 2 heterocycles. The van der Waals surface area contributed by atoms with Gasteiger partial charge in [-0.25, -0.2) is 4.39 Å². The van der Waals surface area contributed by atoms with E-state index in [0.717, 1.165) is 70.1 Å². The zero-order valence-corrected chi connectivity index (χ0v) is 16.4. The van der Waals surface area contributed by atoms with Gasteiger partial charge >= 0.3 is 0 Å². The molecule has 0 radical (unpaired) electrons. The summed E-state index contributed by atoms with van der Waals surface area (Å²) < 4.78 is 19.6. The van der Waals surface area contributed by atoms with Crippen LogP contribution in [-0.2, 0) is 4.74 Å². The summed E-state index contributed by atoms with van der Waals surface area (Å²) in [5, 5.41) is 6.91. The number of aliphatic imine (C=N–C) groups is 1. The monoisotopic (exact) mass is 374 g/mol. The van der Waals surface area contributed by atoms with Crippen LogP contribution in [0, 0.1) is 12.7 Å². The lowest BCUT2D eigenvalue weighted by Crippen LogP contribution is -2.51. The highest BCUT2D eigenvalue weighted by atomic mass is 19.1. The molecule has 0 saturated carbocycles. The summed E-state index contributed by atoms with van der Waals surface area (Å²) in [6.45, 7) is 6.09. The molecular weight excluding hydrogens is 343 g/mol. The van der Waals surface area contributed by atoms with Gasteiger partial charge in [-0.3, -0.25) is 4.99 Å². The maximum Gasteiger partial charge on any atom is 0.191 e. The standard InChI is InChI=1S/C21H31FN4O/c1-16-5-6-19(22)20(14-16)26-11-3-4-18(15-26)25-21(23-2)24-10-7-17-8-12-27-13-9-17/h5-6,8,14,18H,3-4,7,9-13,15H2,1-2H3,(H2,23,24,25). The Kier molecular flexibility index (Phi) is 7.10. The normalized spacial score (nSPS) is 21.0. The fourth-order valence-electron chi connectivity index (χ4n) is 3.70. The number of benzene rings is 1. The quantitative estimate of drug-likeness (QED) is 0.473. The molecule has 1 fully saturated rings. The van der Waals surface area contributed by atoms with Gasteiger partial charge in [-0.2, -0.15) is 0 Å². The minimum Gasteiger partial charge on any atom is -0.377 e. The largest absolute Gasteiger partial charge is 0.377 e. The van der Waals surface area contributed by atoms with Crippen molar-refractivity contribution in [3.05, 3.63) is 41.2 Å². The van der Waals surface area contributed by atoms with Crippen molar-refractivity contribution in [2.45, 2.75) is 38.6 Å². The fourth-order valence-corrected chi connectivity index (χ4v) is 3.70. The van der Waals surface area contributed by atoms with Gasteiger partial charge in [0.2, 0.25) is 0 Å². The molecule has 2 aliphatic heterocycles. The highest BCUT2D eigenvalue weighted by Gasteiger charge is 2.23. The van der Waals surface area contributed by atoms with Crippen molar-refractivity contribution in [1.29, 1.82) is 0 Å². The fraction of sp³-hybridized carbons (Fsp3) is 0.571. The van der Waals surface area contributed by atoms with Crippen LogP contribution in [0.1, 0.15) is 31.2 Å². The van der Waals surface area contributed by atoms with Crippen LogP contribution in [-0.4, -0.2) is 51.9 Å². The molecule has 27 heavy (non-hydrogen) atoms. The van der Waals surface area contributed by atoms with Crippen LogP contribution in [0.5, 0.6) is 0 Å². The van der Waals surface area contributed by atoms with E-state index >= 15 is 0 Å². The van der Waals surface area contributed by atoms with E-state index in [2.05, 4.69) is 26.6 Å². The third-order valence-electron chi connectivity index (χ3n) is 5.22. The van der Waals surface area contributed by atoms with Gasteiger partial charge in [0.25, 0.3) is 0 Å². The van der Waals surface area contributed by atoms with Gasteiger partial charge in [0, 0.05) is 32.7 Å². The maximum absolute atomic E-state index is 14.2. The van der Waals surface area contributed by atoms with Gasteiger partial charge in [0.05, 0.1) is 18.9 Å². The third kappa shape index (κ3) is 5.70. The van der Waals surface area contributed by atoms with Gasteiger partial charge in [-0.05, 0) is 50.3 Å². The SMILES string of the molecule is CN=C(NCCC1=CCOCC1)NC1CCCN(c2cc(C)ccc2F)C1. The van der Waals surface area contributed by atoms with Crippen molar-refractivity contribution < 1.29 is 9.13 Å². The lowest BCUT2D eigenvalue weighted by Gasteiger charge is -2.35. The summed E-state index contributed by atoms with van der Waals surface area (Å²) in [6, 6.07) is 5.57. The van der Waals surface area contributed by atoms with Gasteiger partial charge in [-0.15, -0.1) is 0 Å². The molecule has 0 amide bonds. The number of anilines is 1. The summed E-state index contributed by atoms with van der Waals surface area (Å²) in [5.74, 6) is 0.674. The molecule has 0 bridgehead atoms. The first kappa shape index (κ1) is 19.7. The molecule has 1 aromatic rings. The number of hydrogen-bond donors (Lipinski definition) is 2. The second kappa shape index (κ2) is 9.74. The summed E-state index contributed by atoms with van der Waals surface area (Å²) in [4.78, 5) is 6.49. The van der Waals surface area contributed by atoms with E-state index < -0.39 is 0 Å². The molecule has 3 rings (SSSR count). The lowest BCUT2D eigenvalue weighted by atomic mass is 10.0. The van der Waals surface area contributed by atoms with Gasteiger partial charge in [-0.1, -0.05) is 17.7 Å². The second-order valence-corrected chi connectivity index (χ2v) is 7.32. The number of nitrogens with one attached hydrogen (secondary N) is 2. The Morgan fingerprint density at radius 1 is 1.41 bits per heavy atom. The van der Waals surface area contributed by atoms with Crippen molar-refractivity contribution in [2.75, 3.05) is 44.8 Å². The number of nitrogens with zero attached hydrogens (tertiary/aromatic N) is 2. The number of rotatable bonds is 5. The molecule has 0 spiro atoms. The van der Waals surface area contributed by atoms with Crippen molar-refractivity contribution in [2.24, 2.45) is 4.99 Å². The first-order valence-corrected chi connectivity index (χ1v) is 9.89. The average Bonchev–Trinajstić information content (AvgIpc) is 2.70. The van der Waals surface area contributed by atoms with Crippen LogP contribution in [0.4, 0.5) is 10.1 Å². The number of ether oxygens (including phenoxy) is 1. The lowest BCUT2D eigenvalue weighted by molar-refractivity contribution is 0.153. The highest BCUT2D eigenvalue weighted by molar-refractivity contribution is 5.80. The molecule has 5 nitrogen and oxygen atoms in total. The van der Waals surface area contributed by atoms with Crippen molar-refractivity contribution >= 4 is 11.6 Å². The Hall–Kier alpha value is -2.08. The van der Waals surface area contributed by atoms with E-state index in [4.69, 9.17) is 4.74 Å². The van der Waals surface area contributed by atoms with Crippen LogP contribution in [0.25, 0.3) is 0 Å². The molecule has 1 saturated heterocycles. The molecule has 6 heteroatoms. The molecule has 148 valence electrons. The van der Waals surface area contributed by atoms with E-state index in [-0.39, 0.29) is 11.9 Å². The smallest absolute Gasteiger partial charge is 0.191 e. The van der Waals surface area contributed by atoms with E-state index in [1.807, 2.05) is 19.1 Å². The van der Waals surface area contributed by atoms with Gasteiger partial charge in [0.15, 0.2) is 5.96 Å². The Morgan fingerprint density at radius 2 is 2.30 bits per heavy atom. The number of guanidine groups is 1. The Labute approximate surface area is 161 Å². The molecule has 2 N–H and O–H groups in total. The molecule has 1 unspecified atom stereocenters. The minimum absolute atomic E-state index is 0.145. The Bertz CT molecular complexity index is 689. The molecule has 1 aromatic carbocycles. The third-order valence-corrected chi connectivity index (χ3v) is 5.22. The van der Waals surface area contributed by atoms with Crippen LogP contribution >= 0.6 is 0 Å². The minimum atomic E-state index is -0.145. The Morgan fingerprint density at radius 3 is 3.07 bits per heavy atom. The first-order valence-electron chi connectivity index (χ1n) is 9.89. The summed E-state index contributed by atoms with van der Waals surface area (Å²) >= 11 is 0. The molecule has 1 atom stereocenters. The van der Waals surface area contributed by atoms with E-state index in [1.54, 1.807) is 13.1 Å². The maximum atomic E-state index is 14.2. The topological polar surface area (TPSA) is 48.9 Å². The van der Waals surface area contributed by atoms with Gasteiger partial charge in [0.1, 0.15) is 5.82 Å². The first-order chi connectivity index (χ1) is 13.2. The number of hydrogen-bond acceptors (Lipinski definition) is 3. The zero-order valence-electron chi connectivity index (χ0n) is 16.4. The highest BCUT2D eigenvalue weighted by Crippen LogP contribution is 2.24. The molecular formula is C21H31FN4O. The van der Waals surface area contributed by atoms with Gasteiger partial charge < -0.3 is 20.3 Å². The second-order valence-electron chi connectivity index (χ2n) is 7.32.